The molecule has 0 aliphatic carbocycles. The van der Waals surface area contributed by atoms with Crippen molar-refractivity contribution >= 4 is 21.6 Å². The van der Waals surface area contributed by atoms with Gasteiger partial charge in [-0.1, -0.05) is 6.07 Å². The molecule has 1 aliphatic heterocycles. The Balaban J connectivity index is 2.04. The number of nitrogens with zero attached hydrogens (tertiary/aromatic N) is 1. The zero-order chi connectivity index (χ0) is 13.9. The molecule has 1 aromatic rings. The van der Waals surface area contributed by atoms with E-state index in [9.17, 15) is 0 Å². The lowest BCUT2D eigenvalue weighted by Crippen LogP contribution is -2.35. The van der Waals surface area contributed by atoms with Crippen LogP contribution in [0.4, 0.5) is 5.69 Å². The van der Waals surface area contributed by atoms with Gasteiger partial charge in [-0.2, -0.15) is 0 Å². The smallest absolute Gasteiger partial charge is 0.0510 e. The quantitative estimate of drug-likeness (QED) is 0.890. The third kappa shape index (κ3) is 4.50. The standard InChI is InChI=1S/C16H25BrN2/c1-16(2,3)18-12-13-7-8-15(14(17)11-13)19-9-5-4-6-10-19/h7-8,11,18H,4-6,9-10,12H2,1-3H3. The van der Waals surface area contributed by atoms with Crippen LogP contribution < -0.4 is 10.2 Å². The van der Waals surface area contributed by atoms with Crippen LogP contribution in [-0.2, 0) is 6.54 Å². The lowest BCUT2D eigenvalue weighted by Gasteiger charge is -2.30. The third-order valence-electron chi connectivity index (χ3n) is 3.53. The second-order valence-electron chi connectivity index (χ2n) is 6.44. The second kappa shape index (κ2) is 6.27. The fourth-order valence-electron chi connectivity index (χ4n) is 2.42. The first-order valence-electron chi connectivity index (χ1n) is 7.24. The highest BCUT2D eigenvalue weighted by Crippen LogP contribution is 2.29. The van der Waals surface area contributed by atoms with Gasteiger partial charge in [0.15, 0.2) is 0 Å². The Kier molecular flexibility index (Phi) is 4.91. The van der Waals surface area contributed by atoms with Crippen molar-refractivity contribution in [2.75, 3.05) is 18.0 Å². The molecule has 0 spiro atoms. The lowest BCUT2D eigenvalue weighted by atomic mass is 10.1. The Morgan fingerprint density at radius 3 is 2.42 bits per heavy atom. The summed E-state index contributed by atoms with van der Waals surface area (Å²) in [5.41, 5.74) is 2.85. The highest BCUT2D eigenvalue weighted by atomic mass is 79.9. The largest absolute Gasteiger partial charge is 0.371 e. The van der Waals surface area contributed by atoms with E-state index in [0.29, 0.717) is 0 Å². The molecule has 1 N–H and O–H groups in total. The minimum Gasteiger partial charge on any atom is -0.371 e. The molecule has 1 fully saturated rings. The van der Waals surface area contributed by atoms with E-state index in [1.165, 1.54) is 48.1 Å². The van der Waals surface area contributed by atoms with E-state index < -0.39 is 0 Å². The molecule has 106 valence electrons. The summed E-state index contributed by atoms with van der Waals surface area (Å²) < 4.78 is 1.22. The normalized spacial score (nSPS) is 16.7. The molecule has 3 heteroatoms. The predicted octanol–water partition coefficient (Wildman–Crippen LogP) is 4.33. The summed E-state index contributed by atoms with van der Waals surface area (Å²) >= 11 is 3.73. The van der Waals surface area contributed by atoms with Gasteiger partial charge in [-0.15, -0.1) is 0 Å². The van der Waals surface area contributed by atoms with Crippen molar-refractivity contribution in [2.45, 2.75) is 52.1 Å². The maximum Gasteiger partial charge on any atom is 0.0510 e. The molecule has 1 saturated heterocycles. The summed E-state index contributed by atoms with van der Waals surface area (Å²) in [6.07, 6.45) is 4.02. The topological polar surface area (TPSA) is 15.3 Å². The maximum absolute atomic E-state index is 3.73. The van der Waals surface area contributed by atoms with Gasteiger partial charge < -0.3 is 10.2 Å². The van der Waals surface area contributed by atoms with Crippen LogP contribution in [0.1, 0.15) is 45.6 Å². The average molecular weight is 325 g/mol. The Morgan fingerprint density at radius 2 is 1.84 bits per heavy atom. The van der Waals surface area contributed by atoms with Crippen LogP contribution in [0, 0.1) is 0 Å². The molecular formula is C16H25BrN2. The van der Waals surface area contributed by atoms with Gasteiger partial charge in [0.2, 0.25) is 0 Å². The fraction of sp³-hybridized carbons (Fsp3) is 0.625. The van der Waals surface area contributed by atoms with Crippen molar-refractivity contribution in [1.29, 1.82) is 0 Å². The van der Waals surface area contributed by atoms with E-state index in [1.54, 1.807) is 0 Å². The first-order valence-corrected chi connectivity index (χ1v) is 8.03. The van der Waals surface area contributed by atoms with Crippen LogP contribution in [0.25, 0.3) is 0 Å². The molecule has 1 aliphatic rings. The summed E-state index contributed by atoms with van der Waals surface area (Å²) in [6.45, 7) is 9.90. The highest BCUT2D eigenvalue weighted by Gasteiger charge is 2.14. The molecule has 2 nitrogen and oxygen atoms in total. The van der Waals surface area contributed by atoms with Crippen LogP contribution in [-0.4, -0.2) is 18.6 Å². The summed E-state index contributed by atoms with van der Waals surface area (Å²) in [7, 11) is 0. The number of anilines is 1. The summed E-state index contributed by atoms with van der Waals surface area (Å²) in [4.78, 5) is 2.49. The van der Waals surface area contributed by atoms with Gasteiger partial charge in [-0.05, 0) is 73.7 Å². The molecule has 19 heavy (non-hydrogen) atoms. The van der Waals surface area contributed by atoms with E-state index in [4.69, 9.17) is 0 Å². The van der Waals surface area contributed by atoms with Crippen molar-refractivity contribution in [2.24, 2.45) is 0 Å². The Bertz CT molecular complexity index is 417. The Hall–Kier alpha value is -0.540. The van der Waals surface area contributed by atoms with Gasteiger partial charge in [0.1, 0.15) is 0 Å². The van der Waals surface area contributed by atoms with Gasteiger partial charge in [-0.3, -0.25) is 0 Å². The van der Waals surface area contributed by atoms with E-state index in [0.717, 1.165) is 6.54 Å². The molecule has 0 atom stereocenters. The predicted molar refractivity (Wildman–Crippen MR) is 86.8 cm³/mol. The Labute approximate surface area is 125 Å². The van der Waals surface area contributed by atoms with Crippen LogP contribution in [0.5, 0.6) is 0 Å². The van der Waals surface area contributed by atoms with Gasteiger partial charge in [0, 0.05) is 29.6 Å². The monoisotopic (exact) mass is 324 g/mol. The molecule has 1 aromatic carbocycles. The van der Waals surface area contributed by atoms with Crippen molar-refractivity contribution in [3.63, 3.8) is 0 Å². The molecule has 0 radical (unpaired) electrons. The van der Waals surface area contributed by atoms with Crippen LogP contribution in [0.15, 0.2) is 22.7 Å². The molecule has 0 unspecified atom stereocenters. The number of hydrogen-bond acceptors (Lipinski definition) is 2. The fourth-order valence-corrected chi connectivity index (χ4v) is 3.10. The van der Waals surface area contributed by atoms with E-state index in [2.05, 4.69) is 65.1 Å². The van der Waals surface area contributed by atoms with Crippen LogP contribution in [0.2, 0.25) is 0 Å². The lowest BCUT2D eigenvalue weighted by molar-refractivity contribution is 0.424. The number of nitrogens with one attached hydrogen (secondary N) is 1. The average Bonchev–Trinajstić information content (AvgIpc) is 2.37. The van der Waals surface area contributed by atoms with Gasteiger partial charge in [0.05, 0.1) is 5.69 Å². The first kappa shape index (κ1) is 14.9. The molecule has 0 bridgehead atoms. The number of benzene rings is 1. The summed E-state index contributed by atoms with van der Waals surface area (Å²) in [5, 5.41) is 3.53. The number of rotatable bonds is 3. The maximum atomic E-state index is 3.73. The van der Waals surface area contributed by atoms with Gasteiger partial charge >= 0.3 is 0 Å². The summed E-state index contributed by atoms with van der Waals surface area (Å²) in [6, 6.07) is 6.76. The third-order valence-corrected chi connectivity index (χ3v) is 4.17. The van der Waals surface area contributed by atoms with Crippen molar-refractivity contribution < 1.29 is 0 Å². The first-order chi connectivity index (χ1) is 8.96. The van der Waals surface area contributed by atoms with Gasteiger partial charge in [0.25, 0.3) is 0 Å². The van der Waals surface area contributed by atoms with E-state index >= 15 is 0 Å². The van der Waals surface area contributed by atoms with Crippen molar-refractivity contribution in [1.82, 2.24) is 5.32 Å². The van der Waals surface area contributed by atoms with Crippen LogP contribution in [0.3, 0.4) is 0 Å². The Morgan fingerprint density at radius 1 is 1.16 bits per heavy atom. The van der Waals surface area contributed by atoms with E-state index in [-0.39, 0.29) is 5.54 Å². The molecule has 2 rings (SSSR count). The van der Waals surface area contributed by atoms with Crippen LogP contribution >= 0.6 is 15.9 Å². The molecule has 0 amide bonds. The molecule has 0 aromatic heterocycles. The summed E-state index contributed by atoms with van der Waals surface area (Å²) in [5.74, 6) is 0. The molecule has 0 saturated carbocycles. The zero-order valence-electron chi connectivity index (χ0n) is 12.3. The highest BCUT2D eigenvalue weighted by molar-refractivity contribution is 9.10. The number of hydrogen-bond donors (Lipinski definition) is 1. The molecular weight excluding hydrogens is 300 g/mol. The number of piperidine rings is 1. The minimum absolute atomic E-state index is 0.165. The van der Waals surface area contributed by atoms with Gasteiger partial charge in [-0.25, -0.2) is 0 Å². The van der Waals surface area contributed by atoms with Crippen molar-refractivity contribution in [3.8, 4) is 0 Å². The number of halogens is 1. The van der Waals surface area contributed by atoms with E-state index in [1.807, 2.05) is 0 Å². The minimum atomic E-state index is 0.165. The second-order valence-corrected chi connectivity index (χ2v) is 7.29. The zero-order valence-corrected chi connectivity index (χ0v) is 13.9. The van der Waals surface area contributed by atoms with Crippen molar-refractivity contribution in [3.05, 3.63) is 28.2 Å². The molecule has 1 heterocycles. The SMILES string of the molecule is CC(C)(C)NCc1ccc(N2CCCCC2)c(Br)c1.